The van der Waals surface area contributed by atoms with Crippen molar-refractivity contribution in [1.29, 1.82) is 0 Å². The Balaban J connectivity index is 1.65. The molecular weight excluding hydrogens is 355 g/mol. The van der Waals surface area contributed by atoms with Crippen molar-refractivity contribution in [3.63, 3.8) is 0 Å². The lowest BCUT2D eigenvalue weighted by Crippen LogP contribution is -2.50. The summed E-state index contributed by atoms with van der Waals surface area (Å²) in [6.45, 7) is 0.0965. The zero-order chi connectivity index (χ0) is 18.9. The van der Waals surface area contributed by atoms with E-state index in [2.05, 4.69) is 15.2 Å². The summed E-state index contributed by atoms with van der Waals surface area (Å²) in [5, 5.41) is 7.57. The third-order valence-electron chi connectivity index (χ3n) is 4.42. The fraction of sp³-hybridized carbons (Fsp3) is 0.643. The van der Waals surface area contributed by atoms with E-state index in [9.17, 15) is 22.8 Å². The summed E-state index contributed by atoms with van der Waals surface area (Å²) >= 11 is 0. The maximum absolute atomic E-state index is 12.5. The predicted molar refractivity (Wildman–Crippen MR) is 83.3 cm³/mol. The normalized spacial score (nSPS) is 21.4. The molecule has 0 unspecified atom stereocenters. The first-order valence-electron chi connectivity index (χ1n) is 8.11. The van der Waals surface area contributed by atoms with Crippen LogP contribution in [0.4, 0.5) is 23.9 Å². The third kappa shape index (κ3) is 3.94. The number of rotatable bonds is 4. The fourth-order valence-corrected chi connectivity index (χ4v) is 3.22. The van der Waals surface area contributed by atoms with Gasteiger partial charge in [-0.3, -0.25) is 4.79 Å². The Bertz CT molecular complexity index is 682. The van der Waals surface area contributed by atoms with Gasteiger partial charge in [-0.25, -0.2) is 9.78 Å². The zero-order valence-corrected chi connectivity index (χ0v) is 13.8. The summed E-state index contributed by atoms with van der Waals surface area (Å²) in [7, 11) is 0. The van der Waals surface area contributed by atoms with E-state index in [4.69, 9.17) is 5.73 Å². The minimum absolute atomic E-state index is 0.0557. The molecule has 142 valence electrons. The number of nitrogens with zero attached hydrogens (tertiary/aromatic N) is 6. The van der Waals surface area contributed by atoms with Gasteiger partial charge in [0.05, 0.1) is 12.2 Å². The molecule has 3 amide bonds. The smallest absolute Gasteiger partial charge is 0.364 e. The Morgan fingerprint density at radius 2 is 2.04 bits per heavy atom. The molecule has 3 heterocycles. The van der Waals surface area contributed by atoms with Crippen LogP contribution in [0.25, 0.3) is 0 Å². The highest BCUT2D eigenvalue weighted by molar-refractivity contribution is 5.90. The Morgan fingerprint density at radius 3 is 2.65 bits per heavy atom. The minimum Gasteiger partial charge on any atom is -0.364 e. The number of aromatic nitrogens is 3. The highest BCUT2D eigenvalue weighted by Crippen LogP contribution is 2.25. The first kappa shape index (κ1) is 18.1. The molecule has 2 fully saturated rings. The summed E-state index contributed by atoms with van der Waals surface area (Å²) in [5.41, 5.74) is 5.04. The molecule has 3 rings (SSSR count). The van der Waals surface area contributed by atoms with Crippen LogP contribution in [0, 0.1) is 0 Å². The van der Waals surface area contributed by atoms with Crippen molar-refractivity contribution in [2.24, 2.45) is 5.73 Å². The Hall–Kier alpha value is -2.66. The molecule has 0 radical (unpaired) electrons. The van der Waals surface area contributed by atoms with E-state index in [1.807, 2.05) is 0 Å². The molecule has 2 aliphatic heterocycles. The number of piperidine rings is 1. The van der Waals surface area contributed by atoms with Gasteiger partial charge in [-0.05, 0) is 12.8 Å². The molecule has 0 aromatic carbocycles. The summed E-state index contributed by atoms with van der Waals surface area (Å²) in [4.78, 5) is 31.4. The SMILES string of the molecule is NC(=O)c1cnc(N2CCC[C@@H](N3CCN(CC(F)(F)F)C3=O)C2)nn1. The van der Waals surface area contributed by atoms with E-state index in [1.165, 1.54) is 11.1 Å². The second-order valence-electron chi connectivity index (χ2n) is 6.26. The minimum atomic E-state index is -4.41. The second kappa shape index (κ2) is 6.92. The monoisotopic (exact) mass is 373 g/mol. The first-order valence-corrected chi connectivity index (χ1v) is 8.11. The van der Waals surface area contributed by atoms with Crippen LogP contribution in [0.15, 0.2) is 6.20 Å². The van der Waals surface area contributed by atoms with Crippen LogP contribution >= 0.6 is 0 Å². The molecule has 1 aromatic heterocycles. The Labute approximate surface area is 147 Å². The number of carbonyl (C=O) groups is 2. The summed E-state index contributed by atoms with van der Waals surface area (Å²) in [6, 6.07) is -0.828. The topological polar surface area (TPSA) is 109 Å². The Kier molecular flexibility index (Phi) is 4.83. The van der Waals surface area contributed by atoms with Gasteiger partial charge in [-0.1, -0.05) is 0 Å². The lowest BCUT2D eigenvalue weighted by Gasteiger charge is -2.37. The second-order valence-corrected chi connectivity index (χ2v) is 6.26. The van der Waals surface area contributed by atoms with Crippen LogP contribution in [0.1, 0.15) is 23.3 Å². The van der Waals surface area contributed by atoms with E-state index in [-0.39, 0.29) is 24.8 Å². The van der Waals surface area contributed by atoms with Gasteiger partial charge < -0.3 is 20.4 Å². The number of amides is 3. The van der Waals surface area contributed by atoms with Gasteiger partial charge in [0.2, 0.25) is 5.95 Å². The molecule has 12 heteroatoms. The van der Waals surface area contributed by atoms with Crippen LogP contribution in [0.3, 0.4) is 0 Å². The van der Waals surface area contributed by atoms with Crippen molar-refractivity contribution in [2.45, 2.75) is 25.1 Å². The van der Waals surface area contributed by atoms with Gasteiger partial charge in [-0.2, -0.15) is 13.2 Å². The van der Waals surface area contributed by atoms with E-state index in [0.717, 1.165) is 11.3 Å². The van der Waals surface area contributed by atoms with Crippen LogP contribution in [-0.4, -0.2) is 81.9 Å². The molecule has 1 atom stereocenters. The summed E-state index contributed by atoms with van der Waals surface area (Å²) in [5.74, 6) is -0.445. The van der Waals surface area contributed by atoms with Gasteiger partial charge in [0.15, 0.2) is 5.69 Å². The maximum atomic E-state index is 12.5. The molecule has 1 aromatic rings. The van der Waals surface area contributed by atoms with Gasteiger partial charge in [0.25, 0.3) is 5.91 Å². The van der Waals surface area contributed by atoms with Crippen molar-refractivity contribution in [3.05, 3.63) is 11.9 Å². The van der Waals surface area contributed by atoms with Gasteiger partial charge in [0.1, 0.15) is 6.54 Å². The van der Waals surface area contributed by atoms with Crippen LogP contribution < -0.4 is 10.6 Å². The lowest BCUT2D eigenvalue weighted by molar-refractivity contribution is -0.138. The van der Waals surface area contributed by atoms with Crippen molar-refractivity contribution in [2.75, 3.05) is 37.6 Å². The molecule has 0 saturated carbocycles. The number of urea groups is 1. The number of primary amides is 1. The number of anilines is 1. The molecule has 0 bridgehead atoms. The average molecular weight is 373 g/mol. The van der Waals surface area contributed by atoms with Crippen molar-refractivity contribution in [1.82, 2.24) is 25.0 Å². The van der Waals surface area contributed by atoms with Crippen molar-refractivity contribution >= 4 is 17.9 Å². The van der Waals surface area contributed by atoms with Crippen LogP contribution in [0.2, 0.25) is 0 Å². The molecule has 2 aliphatic rings. The van der Waals surface area contributed by atoms with Crippen LogP contribution in [0.5, 0.6) is 0 Å². The van der Waals surface area contributed by atoms with E-state index >= 15 is 0 Å². The standard InChI is InChI=1S/C14H18F3N7O2/c15-14(16,17)8-23-4-5-24(13(23)26)9-2-1-3-22(7-9)12-19-6-10(11(18)25)20-21-12/h6,9H,1-5,7-8H2,(H2,18,25)/t9-/m1/s1. The van der Waals surface area contributed by atoms with Crippen molar-refractivity contribution < 1.29 is 22.8 Å². The summed E-state index contributed by atoms with van der Waals surface area (Å²) < 4.78 is 37.6. The molecule has 2 N–H and O–H groups in total. The lowest BCUT2D eigenvalue weighted by atomic mass is 10.0. The molecule has 2 saturated heterocycles. The molecule has 9 nitrogen and oxygen atoms in total. The third-order valence-corrected chi connectivity index (χ3v) is 4.42. The Morgan fingerprint density at radius 1 is 1.27 bits per heavy atom. The zero-order valence-electron chi connectivity index (χ0n) is 13.8. The molecular formula is C14H18F3N7O2. The number of nitrogens with two attached hydrogens (primary N) is 1. The maximum Gasteiger partial charge on any atom is 0.406 e. The average Bonchev–Trinajstić information content (AvgIpc) is 2.94. The highest BCUT2D eigenvalue weighted by Gasteiger charge is 2.41. The number of hydrogen-bond donors (Lipinski definition) is 1. The summed E-state index contributed by atoms with van der Waals surface area (Å²) in [6.07, 6.45) is -1.77. The van der Waals surface area contributed by atoms with Gasteiger partial charge in [0, 0.05) is 26.2 Å². The van der Waals surface area contributed by atoms with E-state index in [0.29, 0.717) is 25.5 Å². The van der Waals surface area contributed by atoms with E-state index in [1.54, 1.807) is 4.90 Å². The van der Waals surface area contributed by atoms with Crippen LogP contribution in [-0.2, 0) is 0 Å². The predicted octanol–water partition coefficient (Wildman–Crippen LogP) is 0.239. The number of halogens is 3. The van der Waals surface area contributed by atoms with Gasteiger partial charge >= 0.3 is 12.2 Å². The molecule has 0 spiro atoms. The van der Waals surface area contributed by atoms with Gasteiger partial charge in [-0.15, -0.1) is 10.2 Å². The highest BCUT2D eigenvalue weighted by atomic mass is 19.4. The quantitative estimate of drug-likeness (QED) is 0.810. The molecule has 26 heavy (non-hydrogen) atoms. The number of hydrogen-bond acceptors (Lipinski definition) is 6. The first-order chi connectivity index (χ1) is 12.2. The fourth-order valence-electron chi connectivity index (χ4n) is 3.22. The largest absolute Gasteiger partial charge is 0.406 e. The van der Waals surface area contributed by atoms with E-state index < -0.39 is 24.7 Å². The number of carbonyl (C=O) groups excluding carboxylic acids is 2. The number of alkyl halides is 3. The van der Waals surface area contributed by atoms with Crippen molar-refractivity contribution in [3.8, 4) is 0 Å². The molecule has 0 aliphatic carbocycles.